The topological polar surface area (TPSA) is 41.1 Å². The number of rotatable bonds is 5. The predicted molar refractivity (Wildman–Crippen MR) is 77.8 cm³/mol. The SMILES string of the molecule is CC(C)(C)NC(=O)CNC(c1ccc(F)cc1)C1CC1. The number of hydrogen-bond donors (Lipinski definition) is 2. The Morgan fingerprint density at radius 2 is 1.90 bits per heavy atom. The molecule has 1 aromatic carbocycles. The van der Waals surface area contributed by atoms with Crippen LogP contribution < -0.4 is 10.6 Å². The molecule has 4 heteroatoms. The first-order chi connectivity index (χ1) is 9.35. The second-order valence-corrected chi connectivity index (χ2v) is 6.55. The summed E-state index contributed by atoms with van der Waals surface area (Å²) in [5.41, 5.74) is 0.835. The predicted octanol–water partition coefficient (Wildman–Crippen LogP) is 2.78. The van der Waals surface area contributed by atoms with E-state index in [4.69, 9.17) is 0 Å². The van der Waals surface area contributed by atoms with E-state index >= 15 is 0 Å². The van der Waals surface area contributed by atoms with E-state index in [2.05, 4.69) is 10.6 Å². The van der Waals surface area contributed by atoms with Gasteiger partial charge in [0.25, 0.3) is 0 Å². The number of carbonyl (C=O) groups is 1. The first kappa shape index (κ1) is 15.0. The number of benzene rings is 1. The smallest absolute Gasteiger partial charge is 0.234 e. The first-order valence-electron chi connectivity index (χ1n) is 7.15. The zero-order valence-corrected chi connectivity index (χ0v) is 12.4. The number of carbonyl (C=O) groups excluding carboxylic acids is 1. The maximum atomic E-state index is 13.0. The molecule has 1 atom stereocenters. The number of nitrogens with one attached hydrogen (secondary N) is 2. The lowest BCUT2D eigenvalue weighted by Gasteiger charge is -2.23. The van der Waals surface area contributed by atoms with Crippen LogP contribution in [-0.4, -0.2) is 18.0 Å². The molecule has 1 saturated carbocycles. The molecule has 1 aliphatic carbocycles. The Kier molecular flexibility index (Phi) is 4.43. The van der Waals surface area contributed by atoms with Crippen LogP contribution in [-0.2, 0) is 4.79 Å². The molecule has 3 nitrogen and oxygen atoms in total. The van der Waals surface area contributed by atoms with Crippen molar-refractivity contribution in [1.29, 1.82) is 0 Å². The van der Waals surface area contributed by atoms with E-state index in [-0.39, 0.29) is 29.8 Å². The van der Waals surface area contributed by atoms with Crippen LogP contribution in [0.2, 0.25) is 0 Å². The van der Waals surface area contributed by atoms with Gasteiger partial charge in [-0.05, 0) is 57.2 Å². The van der Waals surface area contributed by atoms with Gasteiger partial charge in [-0.15, -0.1) is 0 Å². The summed E-state index contributed by atoms with van der Waals surface area (Å²) in [6, 6.07) is 6.68. The van der Waals surface area contributed by atoms with Gasteiger partial charge in [-0.2, -0.15) is 0 Å². The van der Waals surface area contributed by atoms with Crippen molar-refractivity contribution in [3.8, 4) is 0 Å². The highest BCUT2D eigenvalue weighted by Crippen LogP contribution is 2.40. The molecule has 0 aromatic heterocycles. The molecule has 0 heterocycles. The summed E-state index contributed by atoms with van der Waals surface area (Å²) < 4.78 is 13.0. The van der Waals surface area contributed by atoms with Crippen molar-refractivity contribution in [2.45, 2.75) is 45.2 Å². The molecule has 0 bridgehead atoms. The Morgan fingerprint density at radius 1 is 1.30 bits per heavy atom. The number of halogens is 1. The molecule has 1 aliphatic rings. The van der Waals surface area contributed by atoms with Gasteiger partial charge in [0.2, 0.25) is 5.91 Å². The Labute approximate surface area is 120 Å². The fraction of sp³-hybridized carbons (Fsp3) is 0.562. The summed E-state index contributed by atoms with van der Waals surface area (Å²) in [5.74, 6) is 0.321. The van der Waals surface area contributed by atoms with Crippen LogP contribution in [0.25, 0.3) is 0 Å². The van der Waals surface area contributed by atoms with E-state index in [1.165, 1.54) is 12.1 Å². The van der Waals surface area contributed by atoms with Gasteiger partial charge in [-0.3, -0.25) is 4.79 Å². The summed E-state index contributed by atoms with van der Waals surface area (Å²) in [6.07, 6.45) is 2.33. The molecule has 2 N–H and O–H groups in total. The molecule has 1 fully saturated rings. The summed E-state index contributed by atoms with van der Waals surface area (Å²) in [6.45, 7) is 6.17. The van der Waals surface area contributed by atoms with Crippen molar-refractivity contribution in [3.63, 3.8) is 0 Å². The van der Waals surface area contributed by atoms with Crippen LogP contribution in [0.5, 0.6) is 0 Å². The number of amides is 1. The van der Waals surface area contributed by atoms with Gasteiger partial charge in [0, 0.05) is 11.6 Å². The molecule has 1 amide bonds. The molecular formula is C16H23FN2O. The lowest BCUT2D eigenvalue weighted by atomic mass is 10.0. The molecule has 0 saturated heterocycles. The van der Waals surface area contributed by atoms with Crippen molar-refractivity contribution in [1.82, 2.24) is 10.6 Å². The Balaban J connectivity index is 1.93. The van der Waals surface area contributed by atoms with Gasteiger partial charge in [0.05, 0.1) is 6.54 Å². The third kappa shape index (κ3) is 4.60. The monoisotopic (exact) mass is 278 g/mol. The van der Waals surface area contributed by atoms with Gasteiger partial charge >= 0.3 is 0 Å². The summed E-state index contributed by atoms with van der Waals surface area (Å²) in [5, 5.41) is 6.24. The van der Waals surface area contributed by atoms with Crippen molar-refractivity contribution < 1.29 is 9.18 Å². The van der Waals surface area contributed by atoms with Crippen molar-refractivity contribution in [2.24, 2.45) is 5.92 Å². The summed E-state index contributed by atoms with van der Waals surface area (Å²) in [4.78, 5) is 11.9. The Bertz CT molecular complexity index is 460. The highest BCUT2D eigenvalue weighted by atomic mass is 19.1. The zero-order valence-electron chi connectivity index (χ0n) is 12.4. The van der Waals surface area contributed by atoms with E-state index in [1.807, 2.05) is 20.8 Å². The highest BCUT2D eigenvalue weighted by Gasteiger charge is 2.32. The van der Waals surface area contributed by atoms with E-state index < -0.39 is 0 Å². The molecule has 0 radical (unpaired) electrons. The molecular weight excluding hydrogens is 255 g/mol. The molecule has 0 aliphatic heterocycles. The standard InChI is InChI=1S/C16H23FN2O/c1-16(2,3)19-14(20)10-18-15(11-4-5-11)12-6-8-13(17)9-7-12/h6-9,11,15,18H,4-5,10H2,1-3H3,(H,19,20). The number of hydrogen-bond acceptors (Lipinski definition) is 2. The molecule has 110 valence electrons. The second kappa shape index (κ2) is 5.92. The van der Waals surface area contributed by atoms with E-state index in [1.54, 1.807) is 12.1 Å². The Morgan fingerprint density at radius 3 is 2.40 bits per heavy atom. The fourth-order valence-corrected chi connectivity index (χ4v) is 2.32. The van der Waals surface area contributed by atoms with E-state index in [9.17, 15) is 9.18 Å². The van der Waals surface area contributed by atoms with Crippen LogP contribution in [0.3, 0.4) is 0 Å². The average molecular weight is 278 g/mol. The van der Waals surface area contributed by atoms with E-state index in [0.717, 1.165) is 18.4 Å². The van der Waals surface area contributed by atoms with Gasteiger partial charge in [0.1, 0.15) is 5.82 Å². The maximum Gasteiger partial charge on any atom is 0.234 e. The third-order valence-electron chi connectivity index (χ3n) is 3.32. The van der Waals surface area contributed by atoms with E-state index in [0.29, 0.717) is 5.92 Å². The van der Waals surface area contributed by atoms with Crippen LogP contribution in [0.4, 0.5) is 4.39 Å². The largest absolute Gasteiger partial charge is 0.350 e. The quantitative estimate of drug-likeness (QED) is 0.869. The summed E-state index contributed by atoms with van der Waals surface area (Å²) in [7, 11) is 0. The highest BCUT2D eigenvalue weighted by molar-refractivity contribution is 5.78. The van der Waals surface area contributed by atoms with Crippen molar-refractivity contribution in [3.05, 3.63) is 35.6 Å². The molecule has 1 aromatic rings. The van der Waals surface area contributed by atoms with Crippen LogP contribution >= 0.6 is 0 Å². The van der Waals surface area contributed by atoms with Crippen molar-refractivity contribution >= 4 is 5.91 Å². The van der Waals surface area contributed by atoms with Gasteiger partial charge in [0.15, 0.2) is 0 Å². The average Bonchev–Trinajstić information content (AvgIpc) is 3.13. The van der Waals surface area contributed by atoms with Crippen LogP contribution in [0, 0.1) is 11.7 Å². The minimum Gasteiger partial charge on any atom is -0.350 e. The zero-order chi connectivity index (χ0) is 14.8. The minimum absolute atomic E-state index is 0.00902. The molecule has 20 heavy (non-hydrogen) atoms. The molecule has 0 spiro atoms. The first-order valence-corrected chi connectivity index (χ1v) is 7.15. The lowest BCUT2D eigenvalue weighted by molar-refractivity contribution is -0.121. The van der Waals surface area contributed by atoms with Gasteiger partial charge < -0.3 is 10.6 Å². The third-order valence-corrected chi connectivity index (χ3v) is 3.32. The van der Waals surface area contributed by atoms with Gasteiger partial charge in [-0.25, -0.2) is 4.39 Å². The van der Waals surface area contributed by atoms with Crippen molar-refractivity contribution in [2.75, 3.05) is 6.54 Å². The second-order valence-electron chi connectivity index (χ2n) is 6.55. The summed E-state index contributed by atoms with van der Waals surface area (Å²) >= 11 is 0. The van der Waals surface area contributed by atoms with Gasteiger partial charge in [-0.1, -0.05) is 12.1 Å². The van der Waals surface area contributed by atoms with Crippen LogP contribution in [0.1, 0.15) is 45.2 Å². The normalized spacial score (nSPS) is 16.8. The molecule has 1 unspecified atom stereocenters. The maximum absolute atomic E-state index is 13.0. The Hall–Kier alpha value is -1.42. The minimum atomic E-state index is -0.228. The van der Waals surface area contributed by atoms with Crippen LogP contribution in [0.15, 0.2) is 24.3 Å². The lowest BCUT2D eigenvalue weighted by Crippen LogP contribution is -2.45. The molecule has 2 rings (SSSR count). The fourth-order valence-electron chi connectivity index (χ4n) is 2.32.